The zero-order chi connectivity index (χ0) is 27.2. The fraction of sp³-hybridized carbons (Fsp3) is 0.375. The van der Waals surface area contributed by atoms with Crippen molar-refractivity contribution in [3.63, 3.8) is 0 Å². The summed E-state index contributed by atoms with van der Waals surface area (Å²) in [5.74, 6) is 0. The minimum Gasteiger partial charge on any atom is -0.369 e. The Balaban J connectivity index is 1.21. The van der Waals surface area contributed by atoms with Crippen LogP contribution in [0.15, 0.2) is 65.6 Å². The molecule has 0 N–H and O–H groups in total. The summed E-state index contributed by atoms with van der Waals surface area (Å²) in [6.07, 6.45) is 1.09. The summed E-state index contributed by atoms with van der Waals surface area (Å²) in [6.45, 7) is 13.1. The van der Waals surface area contributed by atoms with Gasteiger partial charge in [-0.05, 0) is 79.2 Å². The molecule has 3 aromatic carbocycles. The van der Waals surface area contributed by atoms with Gasteiger partial charge in [-0.15, -0.1) is 0 Å². The van der Waals surface area contributed by atoms with E-state index in [9.17, 15) is 10.5 Å². The first kappa shape index (κ1) is 27.1. The number of hydrogen-bond acceptors (Lipinski definition) is 7. The van der Waals surface area contributed by atoms with Gasteiger partial charge < -0.3 is 9.80 Å². The van der Waals surface area contributed by atoms with Gasteiger partial charge in [-0.2, -0.15) is 10.5 Å². The number of aryl methyl sites for hydroxylation is 2. The van der Waals surface area contributed by atoms with Crippen molar-refractivity contribution in [3.8, 4) is 12.1 Å². The van der Waals surface area contributed by atoms with Crippen LogP contribution in [-0.4, -0.2) is 61.6 Å². The number of para-hydroxylation sites is 2. The van der Waals surface area contributed by atoms with Crippen molar-refractivity contribution in [2.24, 2.45) is 0 Å². The third-order valence-corrected chi connectivity index (χ3v) is 9.07. The molecule has 2 heterocycles. The highest BCUT2D eigenvalue weighted by Crippen LogP contribution is 2.31. The van der Waals surface area contributed by atoms with Crippen molar-refractivity contribution >= 4 is 23.3 Å². The van der Waals surface area contributed by atoms with Crippen LogP contribution in [0, 0.1) is 36.5 Å². The Labute approximate surface area is 237 Å². The third kappa shape index (κ3) is 6.40. The molecule has 0 radical (unpaired) electrons. The van der Waals surface area contributed by atoms with E-state index in [4.69, 9.17) is 0 Å². The van der Waals surface area contributed by atoms with Gasteiger partial charge in [0.2, 0.25) is 0 Å². The van der Waals surface area contributed by atoms with Gasteiger partial charge in [-0.3, -0.25) is 4.90 Å². The summed E-state index contributed by atoms with van der Waals surface area (Å²) >= 11 is 1.87. The Kier molecular flexibility index (Phi) is 8.74. The van der Waals surface area contributed by atoms with Crippen LogP contribution in [0.1, 0.15) is 34.2 Å². The molecule has 7 heteroatoms. The highest BCUT2D eigenvalue weighted by Gasteiger charge is 2.22. The van der Waals surface area contributed by atoms with E-state index in [1.54, 1.807) is 0 Å². The molecule has 5 rings (SSSR count). The lowest BCUT2D eigenvalue weighted by Gasteiger charge is -2.36. The molecule has 2 saturated heterocycles. The van der Waals surface area contributed by atoms with Crippen LogP contribution < -0.4 is 9.80 Å². The molecule has 2 aliphatic heterocycles. The van der Waals surface area contributed by atoms with Crippen molar-refractivity contribution in [1.29, 1.82) is 10.5 Å². The van der Waals surface area contributed by atoms with Crippen LogP contribution in [0.3, 0.4) is 0 Å². The fourth-order valence-corrected chi connectivity index (χ4v) is 6.62. The predicted molar refractivity (Wildman–Crippen MR) is 160 cm³/mol. The molecule has 200 valence electrons. The number of nitrogens with zero attached hydrogens (tertiary/aromatic N) is 6. The molecule has 39 heavy (non-hydrogen) atoms. The molecule has 0 aliphatic carbocycles. The van der Waals surface area contributed by atoms with E-state index in [-0.39, 0.29) is 0 Å². The highest BCUT2D eigenvalue weighted by molar-refractivity contribution is 7.97. The van der Waals surface area contributed by atoms with Gasteiger partial charge in [0, 0.05) is 63.8 Å². The summed E-state index contributed by atoms with van der Waals surface area (Å²) in [7, 11) is 0. The Morgan fingerprint density at radius 3 is 1.92 bits per heavy atom. The molecule has 0 saturated carbocycles. The Bertz CT molecular complexity index is 1380. The van der Waals surface area contributed by atoms with E-state index in [0.29, 0.717) is 0 Å². The fourth-order valence-electron chi connectivity index (χ4n) is 5.60. The first-order valence-corrected chi connectivity index (χ1v) is 14.6. The van der Waals surface area contributed by atoms with E-state index in [1.165, 1.54) is 21.6 Å². The molecule has 0 atom stereocenters. The first-order valence-electron chi connectivity index (χ1n) is 13.8. The molecule has 0 unspecified atom stereocenters. The minimum atomic E-state index is 0.753. The molecular formula is C32H36N6S. The monoisotopic (exact) mass is 536 g/mol. The zero-order valence-corrected chi connectivity index (χ0v) is 23.8. The molecule has 2 fully saturated rings. The number of anilines is 2. The number of benzene rings is 3. The zero-order valence-electron chi connectivity index (χ0n) is 22.9. The van der Waals surface area contributed by atoms with Crippen molar-refractivity contribution in [2.45, 2.75) is 31.7 Å². The quantitative estimate of drug-likeness (QED) is 0.381. The van der Waals surface area contributed by atoms with Crippen molar-refractivity contribution in [1.82, 2.24) is 9.21 Å². The SMILES string of the molecule is Cc1cc(C)c(SN2CCN(c3ccccc3C#N)CC2)cc1CN1CCCN(c2ccccc2C#N)CC1. The molecule has 2 aliphatic rings. The van der Waals surface area contributed by atoms with Crippen LogP contribution in [0.5, 0.6) is 0 Å². The second-order valence-corrected chi connectivity index (χ2v) is 11.6. The van der Waals surface area contributed by atoms with E-state index in [1.807, 2.05) is 48.3 Å². The van der Waals surface area contributed by atoms with Crippen molar-refractivity contribution in [2.75, 3.05) is 62.2 Å². The lowest BCUT2D eigenvalue weighted by atomic mass is 10.1. The summed E-state index contributed by atoms with van der Waals surface area (Å²) in [5, 5.41) is 19.0. The average molecular weight is 537 g/mol. The molecule has 0 aromatic heterocycles. The number of nitriles is 2. The van der Waals surface area contributed by atoms with Crippen LogP contribution in [0.2, 0.25) is 0 Å². The van der Waals surface area contributed by atoms with Crippen LogP contribution in [0.25, 0.3) is 0 Å². The summed E-state index contributed by atoms with van der Waals surface area (Å²) < 4.78 is 2.46. The molecule has 3 aromatic rings. The van der Waals surface area contributed by atoms with Crippen LogP contribution in [0.4, 0.5) is 11.4 Å². The summed E-state index contributed by atoms with van der Waals surface area (Å²) in [5.41, 5.74) is 7.70. The summed E-state index contributed by atoms with van der Waals surface area (Å²) in [4.78, 5) is 8.60. The summed E-state index contributed by atoms with van der Waals surface area (Å²) in [6, 6.07) is 25.3. The van der Waals surface area contributed by atoms with Gasteiger partial charge in [0.15, 0.2) is 0 Å². The van der Waals surface area contributed by atoms with E-state index in [2.05, 4.69) is 69.3 Å². The lowest BCUT2D eigenvalue weighted by Crippen LogP contribution is -2.43. The highest BCUT2D eigenvalue weighted by atomic mass is 32.2. The number of rotatable bonds is 6. The maximum Gasteiger partial charge on any atom is 0.101 e. The van der Waals surface area contributed by atoms with Gasteiger partial charge >= 0.3 is 0 Å². The molecular weight excluding hydrogens is 500 g/mol. The smallest absolute Gasteiger partial charge is 0.101 e. The minimum absolute atomic E-state index is 0.753. The molecule has 6 nitrogen and oxygen atoms in total. The van der Waals surface area contributed by atoms with Gasteiger partial charge in [0.1, 0.15) is 12.1 Å². The molecule has 0 amide bonds. The standard InChI is InChI=1S/C32H36N6S/c1-25-20-26(2)32(39-38-18-16-37(17-19-38)31-11-6-4-9-28(31)23-34)21-29(25)24-35-12-7-13-36(15-14-35)30-10-5-3-8-27(30)22-33/h3-6,8-11,20-21H,7,12-19,24H2,1-2H3. The van der Waals surface area contributed by atoms with E-state index in [0.717, 1.165) is 87.8 Å². The normalized spacial score (nSPS) is 16.9. The maximum absolute atomic E-state index is 9.54. The third-order valence-electron chi connectivity index (χ3n) is 7.81. The second kappa shape index (κ2) is 12.6. The second-order valence-electron chi connectivity index (χ2n) is 10.4. The maximum atomic E-state index is 9.54. The number of piperazine rings is 1. The average Bonchev–Trinajstić information content (AvgIpc) is 3.21. The first-order chi connectivity index (χ1) is 19.1. The molecule has 0 spiro atoms. The van der Waals surface area contributed by atoms with Gasteiger partial charge in [-0.25, -0.2) is 4.31 Å². The Hall–Kier alpha value is -3.49. The van der Waals surface area contributed by atoms with Crippen molar-refractivity contribution in [3.05, 3.63) is 88.5 Å². The van der Waals surface area contributed by atoms with E-state index >= 15 is 0 Å². The Morgan fingerprint density at radius 1 is 0.692 bits per heavy atom. The number of hydrogen-bond donors (Lipinski definition) is 0. The van der Waals surface area contributed by atoms with Gasteiger partial charge in [-0.1, -0.05) is 30.3 Å². The topological polar surface area (TPSA) is 60.5 Å². The molecule has 0 bridgehead atoms. The Morgan fingerprint density at radius 2 is 1.28 bits per heavy atom. The van der Waals surface area contributed by atoms with E-state index < -0.39 is 0 Å². The predicted octanol–water partition coefficient (Wildman–Crippen LogP) is 5.59. The van der Waals surface area contributed by atoms with Crippen LogP contribution >= 0.6 is 11.9 Å². The van der Waals surface area contributed by atoms with Crippen LogP contribution in [-0.2, 0) is 6.54 Å². The van der Waals surface area contributed by atoms with Gasteiger partial charge in [0.05, 0.1) is 22.5 Å². The lowest BCUT2D eigenvalue weighted by molar-refractivity contribution is 0.284. The van der Waals surface area contributed by atoms with Crippen molar-refractivity contribution < 1.29 is 0 Å². The van der Waals surface area contributed by atoms with Gasteiger partial charge in [0.25, 0.3) is 0 Å². The largest absolute Gasteiger partial charge is 0.369 e.